The van der Waals surface area contributed by atoms with Gasteiger partial charge in [-0.1, -0.05) is 23.2 Å². The van der Waals surface area contributed by atoms with Gasteiger partial charge in [0.25, 0.3) is 5.91 Å². The van der Waals surface area contributed by atoms with Gasteiger partial charge in [0.05, 0.1) is 18.7 Å². The van der Waals surface area contributed by atoms with Crippen LogP contribution in [0.1, 0.15) is 0 Å². The molecule has 5 heteroatoms. The molecule has 0 N–H and O–H groups in total. The molecule has 2 rings (SSSR count). The fraction of sp³-hybridized carbons (Fsp3) is 0.182. The van der Waals surface area contributed by atoms with Crippen molar-refractivity contribution in [3.05, 3.63) is 34.3 Å². The Morgan fingerprint density at radius 3 is 2.31 bits per heavy atom. The summed E-state index contributed by atoms with van der Waals surface area (Å²) in [6, 6.07) is 7.14. The van der Waals surface area contributed by atoms with E-state index in [4.69, 9.17) is 27.9 Å². The summed E-state index contributed by atoms with van der Waals surface area (Å²) in [6.45, 7) is 0.325. The number of halogens is 2. The summed E-state index contributed by atoms with van der Waals surface area (Å²) in [5, 5.41) is 0.472. The molecule has 1 aromatic rings. The molecular weight excluding hydrogens is 249 g/mol. The molecule has 0 bridgehead atoms. The summed E-state index contributed by atoms with van der Waals surface area (Å²) >= 11 is 11.6. The Labute approximate surface area is 103 Å². The van der Waals surface area contributed by atoms with Crippen molar-refractivity contribution in [2.24, 2.45) is 0 Å². The zero-order valence-corrected chi connectivity index (χ0v) is 10.0. The van der Waals surface area contributed by atoms with Crippen molar-refractivity contribution >= 4 is 34.8 Å². The largest absolute Gasteiger partial charge is 0.497 e. The number of anilines is 1. The van der Waals surface area contributed by atoms with Gasteiger partial charge in [-0.15, -0.1) is 0 Å². The smallest absolute Gasteiger partial charge is 0.271 e. The molecule has 0 atom stereocenters. The average molecular weight is 258 g/mol. The maximum atomic E-state index is 11.7. The number of carbonyl (C=O) groups is 1. The Kier molecular flexibility index (Phi) is 3.08. The molecule has 1 heterocycles. The fourth-order valence-corrected chi connectivity index (χ4v) is 1.85. The van der Waals surface area contributed by atoms with E-state index in [2.05, 4.69) is 0 Å². The number of methoxy groups -OCH3 is 1. The van der Waals surface area contributed by atoms with E-state index in [-0.39, 0.29) is 10.9 Å². The molecule has 84 valence electrons. The van der Waals surface area contributed by atoms with Crippen molar-refractivity contribution in [1.82, 2.24) is 0 Å². The second-order valence-corrected chi connectivity index (χ2v) is 4.14. The van der Waals surface area contributed by atoms with Crippen molar-refractivity contribution in [2.75, 3.05) is 18.6 Å². The van der Waals surface area contributed by atoms with Gasteiger partial charge in [-0.2, -0.15) is 0 Å². The van der Waals surface area contributed by atoms with Gasteiger partial charge < -0.3 is 9.64 Å². The van der Waals surface area contributed by atoms with Crippen LogP contribution in [0.15, 0.2) is 34.3 Å². The van der Waals surface area contributed by atoms with Gasteiger partial charge in [-0.3, -0.25) is 4.79 Å². The molecule has 0 fully saturated rings. The Balaban J connectivity index is 2.24. The molecule has 3 nitrogen and oxygen atoms in total. The third kappa shape index (κ3) is 1.88. The predicted octanol–water partition coefficient (Wildman–Crippen LogP) is 2.73. The molecule has 0 aliphatic carbocycles. The molecule has 0 aromatic heterocycles. The van der Waals surface area contributed by atoms with Crippen LogP contribution in [0, 0.1) is 0 Å². The molecule has 0 spiro atoms. The minimum Gasteiger partial charge on any atom is -0.497 e. The summed E-state index contributed by atoms with van der Waals surface area (Å²) < 4.78 is 5.03. The fourth-order valence-electron chi connectivity index (χ4n) is 1.49. The number of hydrogen-bond donors (Lipinski definition) is 0. The zero-order chi connectivity index (χ0) is 11.7. The highest BCUT2D eigenvalue weighted by molar-refractivity contribution is 6.51. The van der Waals surface area contributed by atoms with Gasteiger partial charge in [-0.05, 0) is 24.3 Å². The Bertz CT molecular complexity index is 454. The van der Waals surface area contributed by atoms with E-state index in [0.29, 0.717) is 11.6 Å². The maximum Gasteiger partial charge on any atom is 0.271 e. The zero-order valence-electron chi connectivity index (χ0n) is 8.54. The molecule has 1 amide bonds. The first-order valence-electron chi connectivity index (χ1n) is 4.63. The van der Waals surface area contributed by atoms with Crippen LogP contribution >= 0.6 is 23.2 Å². The average Bonchev–Trinajstić information content (AvgIpc) is 2.57. The van der Waals surface area contributed by atoms with E-state index in [9.17, 15) is 4.79 Å². The lowest BCUT2D eigenvalue weighted by Gasteiger charge is -2.16. The van der Waals surface area contributed by atoms with Gasteiger partial charge in [0.1, 0.15) is 10.8 Å². The van der Waals surface area contributed by atoms with Crippen LogP contribution in [0.5, 0.6) is 5.75 Å². The topological polar surface area (TPSA) is 29.5 Å². The van der Waals surface area contributed by atoms with Crippen LogP contribution in [0.2, 0.25) is 0 Å². The number of amides is 1. The lowest BCUT2D eigenvalue weighted by Crippen LogP contribution is -2.25. The van der Waals surface area contributed by atoms with E-state index in [1.807, 2.05) is 0 Å². The van der Waals surface area contributed by atoms with Gasteiger partial charge in [-0.25, -0.2) is 0 Å². The van der Waals surface area contributed by atoms with Crippen LogP contribution in [-0.4, -0.2) is 19.6 Å². The molecule has 1 aliphatic rings. The van der Waals surface area contributed by atoms with Gasteiger partial charge in [0.2, 0.25) is 0 Å². The number of carbonyl (C=O) groups excluding carboxylic acids is 1. The van der Waals surface area contributed by atoms with Crippen molar-refractivity contribution in [3.8, 4) is 5.75 Å². The SMILES string of the molecule is COc1ccc(N2CC(Cl)=C(Cl)C2=O)cc1. The standard InChI is InChI=1S/C11H9Cl2NO2/c1-16-8-4-2-7(3-5-8)14-6-9(12)10(13)11(14)15/h2-5H,6H2,1H3. The number of hydrogen-bond acceptors (Lipinski definition) is 2. The first-order chi connectivity index (χ1) is 7.63. The number of nitrogens with zero attached hydrogens (tertiary/aromatic N) is 1. The van der Waals surface area contributed by atoms with Crippen molar-refractivity contribution in [2.45, 2.75) is 0 Å². The van der Waals surface area contributed by atoms with Crippen molar-refractivity contribution in [1.29, 1.82) is 0 Å². The number of ether oxygens (including phenoxy) is 1. The van der Waals surface area contributed by atoms with Crippen molar-refractivity contribution in [3.63, 3.8) is 0 Å². The Morgan fingerprint density at radius 1 is 1.25 bits per heavy atom. The number of benzene rings is 1. The van der Waals surface area contributed by atoms with E-state index in [1.165, 1.54) is 4.90 Å². The third-order valence-corrected chi connectivity index (χ3v) is 3.15. The normalized spacial score (nSPS) is 15.9. The van der Waals surface area contributed by atoms with Crippen LogP contribution in [0.4, 0.5) is 5.69 Å². The van der Waals surface area contributed by atoms with Crippen LogP contribution in [0.25, 0.3) is 0 Å². The molecule has 0 unspecified atom stereocenters. The van der Waals surface area contributed by atoms with E-state index < -0.39 is 0 Å². The molecule has 0 saturated heterocycles. The third-order valence-electron chi connectivity index (χ3n) is 2.35. The summed E-state index contributed by atoms with van der Waals surface area (Å²) in [4.78, 5) is 13.2. The first kappa shape index (κ1) is 11.3. The molecule has 0 radical (unpaired) electrons. The maximum absolute atomic E-state index is 11.7. The van der Waals surface area contributed by atoms with Crippen LogP contribution < -0.4 is 9.64 Å². The second kappa shape index (κ2) is 4.36. The lowest BCUT2D eigenvalue weighted by molar-refractivity contribution is -0.114. The monoisotopic (exact) mass is 257 g/mol. The summed E-state index contributed by atoms with van der Waals surface area (Å²) in [6.07, 6.45) is 0. The van der Waals surface area contributed by atoms with E-state index in [0.717, 1.165) is 11.4 Å². The molecule has 16 heavy (non-hydrogen) atoms. The minimum atomic E-state index is -0.267. The van der Waals surface area contributed by atoms with Crippen LogP contribution in [0.3, 0.4) is 0 Å². The summed E-state index contributed by atoms with van der Waals surface area (Å²) in [7, 11) is 1.59. The Morgan fingerprint density at radius 2 is 1.88 bits per heavy atom. The predicted molar refractivity (Wildman–Crippen MR) is 64.1 cm³/mol. The second-order valence-electron chi connectivity index (χ2n) is 3.31. The van der Waals surface area contributed by atoms with Gasteiger partial charge in [0.15, 0.2) is 0 Å². The Hall–Kier alpha value is -1.19. The molecular formula is C11H9Cl2NO2. The molecule has 0 saturated carbocycles. The quantitative estimate of drug-likeness (QED) is 0.816. The van der Waals surface area contributed by atoms with Gasteiger partial charge >= 0.3 is 0 Å². The summed E-state index contributed by atoms with van der Waals surface area (Å²) in [5.41, 5.74) is 0.750. The summed E-state index contributed by atoms with van der Waals surface area (Å²) in [5.74, 6) is 0.470. The van der Waals surface area contributed by atoms with Crippen LogP contribution in [-0.2, 0) is 4.79 Å². The molecule has 1 aromatic carbocycles. The van der Waals surface area contributed by atoms with Crippen molar-refractivity contribution < 1.29 is 9.53 Å². The highest BCUT2D eigenvalue weighted by Gasteiger charge is 2.29. The van der Waals surface area contributed by atoms with E-state index >= 15 is 0 Å². The van der Waals surface area contributed by atoms with Gasteiger partial charge in [0, 0.05) is 5.69 Å². The first-order valence-corrected chi connectivity index (χ1v) is 5.39. The molecule has 1 aliphatic heterocycles. The highest BCUT2D eigenvalue weighted by atomic mass is 35.5. The minimum absolute atomic E-state index is 0.0949. The number of rotatable bonds is 2. The van der Waals surface area contributed by atoms with E-state index in [1.54, 1.807) is 31.4 Å². The lowest BCUT2D eigenvalue weighted by atomic mass is 10.3. The highest BCUT2D eigenvalue weighted by Crippen LogP contribution is 2.30.